The van der Waals surface area contributed by atoms with Crippen LogP contribution in [-0.2, 0) is 11.3 Å². The van der Waals surface area contributed by atoms with Gasteiger partial charge in [0.2, 0.25) is 11.7 Å². The monoisotopic (exact) mass is 273 g/mol. The molecule has 106 valence electrons. The molecule has 5 nitrogen and oxygen atoms in total. The van der Waals surface area contributed by atoms with Gasteiger partial charge >= 0.3 is 0 Å². The molecule has 3 rings (SSSR count). The van der Waals surface area contributed by atoms with E-state index in [0.29, 0.717) is 24.3 Å². The average Bonchev–Trinajstić information content (AvgIpc) is 2.90. The number of benzene rings is 1. The van der Waals surface area contributed by atoms with E-state index in [9.17, 15) is 0 Å². The lowest BCUT2D eigenvalue weighted by Crippen LogP contribution is -2.42. The lowest BCUT2D eigenvalue weighted by Gasteiger charge is -2.31. The van der Waals surface area contributed by atoms with Gasteiger partial charge in [-0.05, 0) is 19.9 Å². The number of ether oxygens (including phenoxy) is 1. The third-order valence-corrected chi connectivity index (χ3v) is 3.59. The first-order valence-corrected chi connectivity index (χ1v) is 6.94. The molecule has 1 fully saturated rings. The minimum Gasteiger partial charge on any atom is -0.379 e. The van der Waals surface area contributed by atoms with Crippen molar-refractivity contribution in [2.75, 3.05) is 19.8 Å². The highest BCUT2D eigenvalue weighted by Crippen LogP contribution is 2.18. The van der Waals surface area contributed by atoms with Crippen molar-refractivity contribution in [3.05, 3.63) is 35.7 Å². The van der Waals surface area contributed by atoms with Crippen molar-refractivity contribution >= 4 is 0 Å². The second-order valence-corrected chi connectivity index (χ2v) is 5.28. The van der Waals surface area contributed by atoms with E-state index in [1.165, 1.54) is 5.56 Å². The Morgan fingerprint density at radius 1 is 1.40 bits per heavy atom. The van der Waals surface area contributed by atoms with Crippen molar-refractivity contribution in [3.8, 4) is 11.4 Å². The van der Waals surface area contributed by atoms with Crippen LogP contribution in [0.4, 0.5) is 0 Å². The number of aromatic nitrogens is 2. The van der Waals surface area contributed by atoms with Crippen LogP contribution in [0, 0.1) is 6.92 Å². The van der Waals surface area contributed by atoms with Crippen LogP contribution < -0.4 is 0 Å². The Labute approximate surface area is 118 Å². The fourth-order valence-corrected chi connectivity index (χ4v) is 2.39. The fraction of sp³-hybridized carbons (Fsp3) is 0.467. The topological polar surface area (TPSA) is 51.4 Å². The van der Waals surface area contributed by atoms with E-state index in [4.69, 9.17) is 9.26 Å². The summed E-state index contributed by atoms with van der Waals surface area (Å²) < 4.78 is 10.8. The number of hydrogen-bond acceptors (Lipinski definition) is 5. The molecule has 20 heavy (non-hydrogen) atoms. The maximum atomic E-state index is 5.43. The highest BCUT2D eigenvalue weighted by Gasteiger charge is 2.21. The predicted molar refractivity (Wildman–Crippen MR) is 75.2 cm³/mol. The highest BCUT2D eigenvalue weighted by atomic mass is 16.5. The maximum Gasteiger partial charge on any atom is 0.241 e. The van der Waals surface area contributed by atoms with Crippen molar-refractivity contribution in [2.45, 2.75) is 26.4 Å². The third-order valence-electron chi connectivity index (χ3n) is 3.59. The lowest BCUT2D eigenvalue weighted by atomic mass is 10.1. The van der Waals surface area contributed by atoms with Crippen LogP contribution in [0.1, 0.15) is 18.4 Å². The van der Waals surface area contributed by atoms with Crippen molar-refractivity contribution < 1.29 is 9.26 Å². The third kappa shape index (κ3) is 2.89. The van der Waals surface area contributed by atoms with Gasteiger partial charge in [0, 0.05) is 18.2 Å². The molecule has 1 aromatic carbocycles. The summed E-state index contributed by atoms with van der Waals surface area (Å²) in [5, 5.41) is 4.07. The Balaban J connectivity index is 1.73. The molecule has 0 radical (unpaired) electrons. The first kappa shape index (κ1) is 13.3. The zero-order valence-corrected chi connectivity index (χ0v) is 11.9. The Kier molecular flexibility index (Phi) is 3.80. The van der Waals surface area contributed by atoms with Gasteiger partial charge in [-0.3, -0.25) is 4.90 Å². The molecule has 0 bridgehead atoms. The minimum absolute atomic E-state index is 0.387. The molecular formula is C15H19N3O2. The summed E-state index contributed by atoms with van der Waals surface area (Å²) in [5.74, 6) is 1.32. The molecule has 1 aliphatic rings. The van der Waals surface area contributed by atoms with E-state index in [-0.39, 0.29) is 0 Å². The van der Waals surface area contributed by atoms with Gasteiger partial charge in [0.05, 0.1) is 19.8 Å². The molecule has 5 heteroatoms. The number of morpholine rings is 1. The summed E-state index contributed by atoms with van der Waals surface area (Å²) in [5.41, 5.74) is 2.19. The van der Waals surface area contributed by atoms with Gasteiger partial charge in [-0.25, -0.2) is 0 Å². The van der Waals surface area contributed by atoms with Gasteiger partial charge in [0.25, 0.3) is 0 Å². The van der Waals surface area contributed by atoms with E-state index in [0.717, 1.165) is 25.3 Å². The summed E-state index contributed by atoms with van der Waals surface area (Å²) in [7, 11) is 0. The molecule has 0 N–H and O–H groups in total. The number of hydrogen-bond donors (Lipinski definition) is 0. The van der Waals surface area contributed by atoms with E-state index in [2.05, 4.69) is 41.0 Å². The first-order valence-electron chi connectivity index (χ1n) is 6.94. The lowest BCUT2D eigenvalue weighted by molar-refractivity contribution is -0.00852. The molecule has 1 unspecified atom stereocenters. The number of nitrogens with zero attached hydrogens (tertiary/aromatic N) is 3. The van der Waals surface area contributed by atoms with E-state index in [1.54, 1.807) is 0 Å². The van der Waals surface area contributed by atoms with Crippen LogP contribution in [0.25, 0.3) is 11.4 Å². The molecular weight excluding hydrogens is 254 g/mol. The van der Waals surface area contributed by atoms with Crippen molar-refractivity contribution in [1.82, 2.24) is 15.0 Å². The van der Waals surface area contributed by atoms with Crippen molar-refractivity contribution in [3.63, 3.8) is 0 Å². The standard InChI is InChI=1S/C15H19N3O2/c1-11-4-3-5-13(8-11)15-16-14(20-17-15)9-18-6-7-19-10-12(18)2/h3-5,8,12H,6-7,9-10H2,1-2H3. The molecule has 0 spiro atoms. The number of aryl methyl sites for hydroxylation is 1. The summed E-state index contributed by atoms with van der Waals surface area (Å²) in [6.45, 7) is 7.33. The van der Waals surface area contributed by atoms with E-state index < -0.39 is 0 Å². The second-order valence-electron chi connectivity index (χ2n) is 5.28. The normalized spacial score (nSPS) is 20.2. The van der Waals surface area contributed by atoms with Crippen LogP contribution in [0.5, 0.6) is 0 Å². The molecule has 1 aliphatic heterocycles. The van der Waals surface area contributed by atoms with Crippen LogP contribution >= 0.6 is 0 Å². The van der Waals surface area contributed by atoms with Gasteiger partial charge < -0.3 is 9.26 Å². The molecule has 0 aliphatic carbocycles. The summed E-state index contributed by atoms with van der Waals surface area (Å²) >= 11 is 0. The molecule has 0 amide bonds. The Morgan fingerprint density at radius 2 is 2.30 bits per heavy atom. The molecule has 0 saturated carbocycles. The zero-order valence-electron chi connectivity index (χ0n) is 11.9. The molecule has 1 saturated heterocycles. The van der Waals surface area contributed by atoms with Gasteiger partial charge in [-0.1, -0.05) is 28.9 Å². The summed E-state index contributed by atoms with van der Waals surface area (Å²) in [4.78, 5) is 6.79. The Hall–Kier alpha value is -1.72. The van der Waals surface area contributed by atoms with Crippen molar-refractivity contribution in [1.29, 1.82) is 0 Å². The summed E-state index contributed by atoms with van der Waals surface area (Å²) in [6, 6.07) is 8.51. The number of rotatable bonds is 3. The fourth-order valence-electron chi connectivity index (χ4n) is 2.39. The molecule has 2 aromatic rings. The average molecular weight is 273 g/mol. The van der Waals surface area contributed by atoms with Gasteiger partial charge in [0.1, 0.15) is 0 Å². The van der Waals surface area contributed by atoms with Crippen LogP contribution in [0.3, 0.4) is 0 Å². The maximum absolute atomic E-state index is 5.43. The SMILES string of the molecule is Cc1cccc(-c2noc(CN3CCOCC3C)n2)c1. The molecule has 1 atom stereocenters. The quantitative estimate of drug-likeness (QED) is 0.858. The second kappa shape index (κ2) is 5.73. The van der Waals surface area contributed by atoms with Gasteiger partial charge in [-0.15, -0.1) is 0 Å². The predicted octanol–water partition coefficient (Wildman–Crippen LogP) is 2.27. The smallest absolute Gasteiger partial charge is 0.241 e. The van der Waals surface area contributed by atoms with Crippen LogP contribution in [-0.4, -0.2) is 40.8 Å². The van der Waals surface area contributed by atoms with Gasteiger partial charge in [-0.2, -0.15) is 4.98 Å². The minimum atomic E-state index is 0.387. The van der Waals surface area contributed by atoms with Crippen molar-refractivity contribution in [2.24, 2.45) is 0 Å². The first-order chi connectivity index (χ1) is 9.72. The van der Waals surface area contributed by atoms with Crippen LogP contribution in [0.15, 0.2) is 28.8 Å². The zero-order chi connectivity index (χ0) is 13.9. The van der Waals surface area contributed by atoms with Gasteiger partial charge in [0.15, 0.2) is 0 Å². The Bertz CT molecular complexity index is 582. The van der Waals surface area contributed by atoms with E-state index >= 15 is 0 Å². The summed E-state index contributed by atoms with van der Waals surface area (Å²) in [6.07, 6.45) is 0. The molecule has 1 aromatic heterocycles. The molecule has 2 heterocycles. The largest absolute Gasteiger partial charge is 0.379 e. The van der Waals surface area contributed by atoms with Crippen LogP contribution in [0.2, 0.25) is 0 Å². The highest BCUT2D eigenvalue weighted by molar-refractivity contribution is 5.55. The van der Waals surface area contributed by atoms with E-state index in [1.807, 2.05) is 12.1 Å². The Morgan fingerprint density at radius 3 is 3.10 bits per heavy atom.